The Morgan fingerprint density at radius 2 is 2.10 bits per heavy atom. The predicted octanol–water partition coefficient (Wildman–Crippen LogP) is 2.81. The first-order valence-electron chi connectivity index (χ1n) is 10.1. The molecule has 166 valence electrons. The second kappa shape index (κ2) is 9.97. The zero-order valence-electron chi connectivity index (χ0n) is 17.6. The number of aryl methyl sites for hydroxylation is 1. The lowest BCUT2D eigenvalue weighted by Gasteiger charge is -2.28. The molecule has 1 aliphatic heterocycles. The maximum Gasteiger partial charge on any atom is 0.237 e. The van der Waals surface area contributed by atoms with E-state index in [9.17, 15) is 9.59 Å². The highest BCUT2D eigenvalue weighted by atomic mass is 79.9. The molecule has 0 bridgehead atoms. The molecule has 0 aliphatic carbocycles. The van der Waals surface area contributed by atoms with Gasteiger partial charge in [-0.15, -0.1) is 0 Å². The lowest BCUT2D eigenvalue weighted by atomic mass is 9.96. The summed E-state index contributed by atoms with van der Waals surface area (Å²) >= 11 is 9.53. The Kier molecular flexibility index (Phi) is 7.56. The molecule has 0 saturated carbocycles. The maximum absolute atomic E-state index is 12.8. The van der Waals surface area contributed by atoms with Crippen LogP contribution in [-0.4, -0.2) is 40.3 Å². The van der Waals surface area contributed by atoms with Crippen LogP contribution < -0.4 is 16.8 Å². The summed E-state index contributed by atoms with van der Waals surface area (Å²) in [6.07, 6.45) is 1.40. The monoisotopic (exact) mass is 507 g/mol. The Hall–Kier alpha value is -2.16. The number of pyridine rings is 1. The molecule has 1 aliphatic rings. The fraction of sp³-hybridized carbons (Fsp3) is 0.409. The number of amides is 2. The number of hydrogen-bond donors (Lipinski definition) is 3. The number of primary amides is 1. The van der Waals surface area contributed by atoms with Crippen molar-refractivity contribution in [2.75, 3.05) is 12.3 Å². The number of nitrogen functional groups attached to an aromatic ring is 1. The summed E-state index contributed by atoms with van der Waals surface area (Å²) < 4.78 is 0.841. The van der Waals surface area contributed by atoms with Crippen LogP contribution in [0.15, 0.2) is 34.8 Å². The van der Waals surface area contributed by atoms with Crippen LogP contribution in [0.2, 0.25) is 5.02 Å². The smallest absolute Gasteiger partial charge is 0.237 e. The van der Waals surface area contributed by atoms with E-state index in [0.717, 1.165) is 27.7 Å². The zero-order valence-corrected chi connectivity index (χ0v) is 19.9. The lowest BCUT2D eigenvalue weighted by Crippen LogP contribution is -2.51. The molecule has 2 unspecified atom stereocenters. The lowest BCUT2D eigenvalue weighted by molar-refractivity contribution is -0.129. The van der Waals surface area contributed by atoms with Crippen molar-refractivity contribution in [1.29, 1.82) is 0 Å². The first kappa shape index (κ1) is 23.5. The van der Waals surface area contributed by atoms with Crippen molar-refractivity contribution in [2.24, 2.45) is 11.7 Å². The highest BCUT2D eigenvalue weighted by molar-refractivity contribution is 9.10. The number of nitrogens with one attached hydrogen (secondary N) is 1. The van der Waals surface area contributed by atoms with Crippen molar-refractivity contribution in [3.8, 4) is 0 Å². The number of carbonyl (C=O) groups is 2. The summed E-state index contributed by atoms with van der Waals surface area (Å²) in [5, 5.41) is 3.60. The van der Waals surface area contributed by atoms with Gasteiger partial charge >= 0.3 is 0 Å². The number of aromatic nitrogens is 1. The molecule has 0 spiro atoms. The number of rotatable bonds is 7. The Balaban J connectivity index is 1.64. The first-order valence-corrected chi connectivity index (χ1v) is 11.3. The van der Waals surface area contributed by atoms with Crippen LogP contribution in [0.3, 0.4) is 0 Å². The van der Waals surface area contributed by atoms with E-state index in [2.05, 4.69) is 26.2 Å². The van der Waals surface area contributed by atoms with E-state index in [1.165, 1.54) is 0 Å². The van der Waals surface area contributed by atoms with Crippen LogP contribution in [0.4, 0.5) is 5.82 Å². The number of carbonyl (C=O) groups excluding carboxylic acids is 2. The van der Waals surface area contributed by atoms with E-state index >= 15 is 0 Å². The normalized spacial score (nSPS) is 19.9. The van der Waals surface area contributed by atoms with E-state index in [0.29, 0.717) is 30.4 Å². The Morgan fingerprint density at radius 3 is 2.74 bits per heavy atom. The van der Waals surface area contributed by atoms with Gasteiger partial charge in [0.2, 0.25) is 11.8 Å². The van der Waals surface area contributed by atoms with Crippen LogP contribution >= 0.6 is 27.5 Å². The van der Waals surface area contributed by atoms with Gasteiger partial charge in [0, 0.05) is 23.3 Å². The molecular formula is C22H27BrClN5O2. The van der Waals surface area contributed by atoms with Gasteiger partial charge in [0.15, 0.2) is 0 Å². The molecule has 2 aromatic rings. The van der Waals surface area contributed by atoms with Crippen molar-refractivity contribution in [3.63, 3.8) is 0 Å². The number of nitrogens with two attached hydrogens (primary N) is 2. The van der Waals surface area contributed by atoms with Crippen LogP contribution in [0.1, 0.15) is 30.2 Å². The largest absolute Gasteiger partial charge is 0.384 e. The van der Waals surface area contributed by atoms with Gasteiger partial charge in [-0.1, -0.05) is 23.7 Å². The van der Waals surface area contributed by atoms with Gasteiger partial charge in [-0.3, -0.25) is 14.5 Å². The number of likely N-dealkylation sites (tertiary alicyclic amines) is 1. The summed E-state index contributed by atoms with van der Waals surface area (Å²) in [6, 6.07) is 8.43. The van der Waals surface area contributed by atoms with Crippen molar-refractivity contribution >= 4 is 45.2 Å². The SMILES string of the molecule is Cc1nc(N)ccc1CNC(=O)[C@H](C)N1CC(Cc2ccc(Cl)c(Br)c2)CC1C(N)=O. The van der Waals surface area contributed by atoms with E-state index < -0.39 is 18.0 Å². The van der Waals surface area contributed by atoms with Crippen LogP contribution in [0.5, 0.6) is 0 Å². The summed E-state index contributed by atoms with van der Waals surface area (Å²) in [5.41, 5.74) is 14.1. The Morgan fingerprint density at radius 1 is 1.35 bits per heavy atom. The van der Waals surface area contributed by atoms with Gasteiger partial charge in [-0.05, 0) is 77.9 Å². The van der Waals surface area contributed by atoms with Crippen LogP contribution in [0.25, 0.3) is 0 Å². The third-order valence-electron chi connectivity index (χ3n) is 5.81. The number of hydrogen-bond acceptors (Lipinski definition) is 5. The number of benzene rings is 1. The third-order valence-corrected chi connectivity index (χ3v) is 7.02. The number of nitrogens with zero attached hydrogens (tertiary/aromatic N) is 2. The fourth-order valence-corrected chi connectivity index (χ4v) is 4.63. The predicted molar refractivity (Wildman–Crippen MR) is 125 cm³/mol. The van der Waals surface area contributed by atoms with Crippen molar-refractivity contribution in [2.45, 2.75) is 45.3 Å². The van der Waals surface area contributed by atoms with Crippen molar-refractivity contribution < 1.29 is 9.59 Å². The van der Waals surface area contributed by atoms with E-state index in [1.807, 2.05) is 36.1 Å². The average molecular weight is 509 g/mol. The molecule has 1 aromatic heterocycles. The summed E-state index contributed by atoms with van der Waals surface area (Å²) in [5.74, 6) is 0.0980. The summed E-state index contributed by atoms with van der Waals surface area (Å²) in [6.45, 7) is 4.62. The minimum atomic E-state index is -0.485. The highest BCUT2D eigenvalue weighted by Crippen LogP contribution is 2.30. The van der Waals surface area contributed by atoms with Crippen molar-refractivity contribution in [1.82, 2.24) is 15.2 Å². The Labute approximate surface area is 195 Å². The Bertz CT molecular complexity index is 986. The minimum absolute atomic E-state index is 0.155. The first-order chi connectivity index (χ1) is 14.7. The molecule has 5 N–H and O–H groups in total. The number of anilines is 1. The fourth-order valence-electron chi connectivity index (χ4n) is 4.08. The van der Waals surface area contributed by atoms with E-state index in [4.69, 9.17) is 23.1 Å². The number of halogens is 2. The van der Waals surface area contributed by atoms with Gasteiger partial charge in [-0.25, -0.2) is 4.98 Å². The van der Waals surface area contributed by atoms with E-state index in [-0.39, 0.29) is 11.8 Å². The molecule has 3 rings (SSSR count). The summed E-state index contributed by atoms with van der Waals surface area (Å²) in [7, 11) is 0. The second-order valence-electron chi connectivity index (χ2n) is 8.04. The average Bonchev–Trinajstić information content (AvgIpc) is 3.13. The van der Waals surface area contributed by atoms with E-state index in [1.54, 1.807) is 13.0 Å². The van der Waals surface area contributed by atoms with Gasteiger partial charge in [0.05, 0.1) is 17.1 Å². The molecule has 9 heteroatoms. The van der Waals surface area contributed by atoms with Crippen molar-refractivity contribution in [3.05, 3.63) is 56.6 Å². The molecule has 1 fully saturated rings. The molecule has 0 radical (unpaired) electrons. The maximum atomic E-state index is 12.8. The molecule has 31 heavy (non-hydrogen) atoms. The molecule has 3 atom stereocenters. The standard InChI is InChI=1S/C22H27BrClN5O2/c1-12-16(4-6-20(25)28-12)10-27-22(31)13(2)29-11-15(9-19(29)21(26)30)7-14-3-5-18(24)17(23)8-14/h3-6,8,13,15,19H,7,9-11H2,1-2H3,(H2,25,28)(H2,26,30)(H,27,31)/t13-,15?,19?/m0/s1. The summed E-state index contributed by atoms with van der Waals surface area (Å²) in [4.78, 5) is 31.0. The molecule has 2 amide bonds. The molecule has 1 saturated heterocycles. The van der Waals surface area contributed by atoms with Gasteiger partial charge in [-0.2, -0.15) is 0 Å². The zero-order chi connectivity index (χ0) is 22.7. The van der Waals surface area contributed by atoms with Crippen LogP contribution in [-0.2, 0) is 22.6 Å². The van der Waals surface area contributed by atoms with Gasteiger partial charge < -0.3 is 16.8 Å². The van der Waals surface area contributed by atoms with Gasteiger partial charge in [0.25, 0.3) is 0 Å². The topological polar surface area (TPSA) is 114 Å². The third kappa shape index (κ3) is 5.75. The van der Waals surface area contributed by atoms with Crippen LogP contribution in [0, 0.1) is 12.8 Å². The van der Waals surface area contributed by atoms with Gasteiger partial charge in [0.1, 0.15) is 5.82 Å². The molecular weight excluding hydrogens is 482 g/mol. The second-order valence-corrected chi connectivity index (χ2v) is 9.31. The quantitative estimate of drug-likeness (QED) is 0.532. The molecule has 1 aromatic carbocycles. The molecule has 2 heterocycles. The highest BCUT2D eigenvalue weighted by Gasteiger charge is 2.40. The molecule has 7 nitrogen and oxygen atoms in total. The minimum Gasteiger partial charge on any atom is -0.384 e.